The van der Waals surface area contributed by atoms with E-state index < -0.39 is 5.97 Å². The second-order valence-electron chi connectivity index (χ2n) is 12.9. The van der Waals surface area contributed by atoms with Gasteiger partial charge in [-0.15, -0.1) is 24.8 Å². The number of benzene rings is 2. The highest BCUT2D eigenvalue weighted by Crippen LogP contribution is 2.49. The van der Waals surface area contributed by atoms with Crippen LogP contribution in [0.2, 0.25) is 0 Å². The minimum Gasteiger partial charge on any atom is -0.481 e. The van der Waals surface area contributed by atoms with Gasteiger partial charge in [-0.1, -0.05) is 55.3 Å². The Bertz CT molecular complexity index is 1320. The smallest absolute Gasteiger partial charge is 0.306 e. The Hall–Kier alpha value is -2.41. The van der Waals surface area contributed by atoms with Crippen molar-refractivity contribution in [3.8, 4) is 0 Å². The number of piperidine rings is 1. The second-order valence-corrected chi connectivity index (χ2v) is 12.9. The van der Waals surface area contributed by atoms with Crippen molar-refractivity contribution in [2.75, 3.05) is 19.6 Å². The molecule has 8 heteroatoms. The summed E-state index contributed by atoms with van der Waals surface area (Å²) < 4.78 is 16.4. The number of hydrogen-bond donors (Lipinski definition) is 1. The van der Waals surface area contributed by atoms with Gasteiger partial charge in [0.15, 0.2) is 0 Å². The third-order valence-electron chi connectivity index (χ3n) is 10.1. The molecule has 2 aliphatic carbocycles. The number of rotatable bonds is 11. The molecule has 0 spiro atoms. The maximum absolute atomic E-state index is 14.2. The molecule has 0 radical (unpaired) electrons. The van der Waals surface area contributed by atoms with E-state index in [4.69, 9.17) is 5.10 Å². The normalized spacial score (nSPS) is 23.3. The molecule has 0 bridgehead atoms. The van der Waals surface area contributed by atoms with Crippen molar-refractivity contribution in [1.82, 2.24) is 14.7 Å². The molecule has 3 aliphatic rings. The predicted octanol–water partition coefficient (Wildman–Crippen LogP) is 7.97. The molecule has 6 rings (SSSR count). The van der Waals surface area contributed by atoms with Crippen LogP contribution in [0.4, 0.5) is 4.39 Å². The van der Waals surface area contributed by atoms with Gasteiger partial charge >= 0.3 is 5.97 Å². The monoisotopic (exact) mass is 629 g/mol. The molecule has 3 fully saturated rings. The zero-order valence-corrected chi connectivity index (χ0v) is 26.7. The van der Waals surface area contributed by atoms with E-state index in [1.165, 1.54) is 30.2 Å². The van der Waals surface area contributed by atoms with Gasteiger partial charge in [0.1, 0.15) is 5.82 Å². The van der Waals surface area contributed by atoms with Gasteiger partial charge in [0.2, 0.25) is 0 Å². The number of hydrogen-bond acceptors (Lipinski definition) is 3. The van der Waals surface area contributed by atoms with E-state index >= 15 is 0 Å². The molecular formula is C35H46Cl2FN3O2. The number of carbonyl (C=O) groups is 1. The highest BCUT2D eigenvalue weighted by Gasteiger charge is 2.43. The molecule has 0 amide bonds. The first-order valence-corrected chi connectivity index (χ1v) is 15.8. The van der Waals surface area contributed by atoms with Crippen LogP contribution in [0.25, 0.3) is 0 Å². The number of carboxylic acids is 1. The van der Waals surface area contributed by atoms with Crippen molar-refractivity contribution in [2.24, 2.45) is 23.7 Å². The lowest BCUT2D eigenvalue weighted by Gasteiger charge is -2.35. The topological polar surface area (TPSA) is 58.4 Å². The number of likely N-dealkylation sites (tertiary alicyclic amines) is 1. The largest absolute Gasteiger partial charge is 0.481 e. The fourth-order valence-corrected chi connectivity index (χ4v) is 7.75. The maximum atomic E-state index is 14.2. The molecule has 1 saturated heterocycles. The molecule has 2 saturated carbocycles. The van der Waals surface area contributed by atoms with E-state index in [2.05, 4.69) is 52.9 Å². The summed E-state index contributed by atoms with van der Waals surface area (Å²) in [5.74, 6) is 0.743. The van der Waals surface area contributed by atoms with Crippen LogP contribution in [0.5, 0.6) is 0 Å². The van der Waals surface area contributed by atoms with Crippen LogP contribution < -0.4 is 0 Å². The molecule has 1 N–H and O–H groups in total. The molecule has 4 unspecified atom stereocenters. The summed E-state index contributed by atoms with van der Waals surface area (Å²) >= 11 is 0. The van der Waals surface area contributed by atoms with Crippen LogP contribution in [0.3, 0.4) is 0 Å². The third-order valence-corrected chi connectivity index (χ3v) is 10.1. The first-order chi connectivity index (χ1) is 20.0. The molecular weight excluding hydrogens is 584 g/mol. The fourth-order valence-electron chi connectivity index (χ4n) is 7.75. The molecule has 43 heavy (non-hydrogen) atoms. The van der Waals surface area contributed by atoms with Crippen molar-refractivity contribution in [2.45, 2.75) is 76.7 Å². The average molecular weight is 631 g/mol. The van der Waals surface area contributed by atoms with E-state index in [9.17, 15) is 14.3 Å². The fraction of sp³-hybridized carbons (Fsp3) is 0.543. The molecule has 234 valence electrons. The van der Waals surface area contributed by atoms with E-state index in [1.54, 1.807) is 6.07 Å². The number of aliphatic carboxylic acids is 1. The van der Waals surface area contributed by atoms with Crippen LogP contribution in [-0.4, -0.2) is 45.4 Å². The van der Waals surface area contributed by atoms with Gasteiger partial charge in [-0.2, -0.15) is 5.10 Å². The van der Waals surface area contributed by atoms with Crippen LogP contribution in [-0.2, 0) is 17.8 Å². The molecule has 5 nitrogen and oxygen atoms in total. The summed E-state index contributed by atoms with van der Waals surface area (Å²) in [6.45, 7) is 6.10. The summed E-state index contributed by atoms with van der Waals surface area (Å²) in [5, 5.41) is 15.0. The standard InChI is InChI=1S/C35H44FN3O2.2ClH/c1-2-39-34(22-31(37-39)17-24-7-4-3-5-8-24)26-13-15-38(16-14-26)23-29-19-28(33(35(40)41)18-25-11-12-25)21-32(29)27-9-6-10-30(36)20-27;;/h3-10,20,22,25-26,28-29,32-33H,2,11-19,21,23H2,1H3,(H,40,41);2*1H. The highest BCUT2D eigenvalue weighted by molar-refractivity contribution is 5.85. The summed E-state index contributed by atoms with van der Waals surface area (Å²) in [6.07, 6.45) is 8.02. The lowest BCUT2D eigenvalue weighted by molar-refractivity contribution is -0.144. The van der Waals surface area contributed by atoms with E-state index in [0.29, 0.717) is 17.8 Å². The minimum atomic E-state index is -0.638. The predicted molar refractivity (Wildman–Crippen MR) is 174 cm³/mol. The third kappa shape index (κ3) is 8.20. The molecule has 3 aromatic rings. The Morgan fingerprint density at radius 3 is 2.40 bits per heavy atom. The number of nitrogens with zero attached hydrogens (tertiary/aromatic N) is 3. The van der Waals surface area contributed by atoms with E-state index in [0.717, 1.165) is 76.0 Å². The highest BCUT2D eigenvalue weighted by atomic mass is 35.5. The number of aryl methyl sites for hydroxylation is 1. The van der Waals surface area contributed by atoms with Crippen LogP contribution >= 0.6 is 24.8 Å². The molecule has 1 aliphatic heterocycles. The lowest BCUT2D eigenvalue weighted by Crippen LogP contribution is -2.37. The van der Waals surface area contributed by atoms with E-state index in [-0.39, 0.29) is 48.4 Å². The van der Waals surface area contributed by atoms with Gasteiger partial charge in [0.25, 0.3) is 0 Å². The Morgan fingerprint density at radius 2 is 1.74 bits per heavy atom. The second kappa shape index (κ2) is 15.0. The molecule has 1 aromatic heterocycles. The van der Waals surface area contributed by atoms with Crippen molar-refractivity contribution in [1.29, 1.82) is 0 Å². The minimum absolute atomic E-state index is 0. The van der Waals surface area contributed by atoms with Gasteiger partial charge in [-0.3, -0.25) is 9.48 Å². The molecule has 2 aromatic carbocycles. The van der Waals surface area contributed by atoms with Crippen molar-refractivity contribution in [3.63, 3.8) is 0 Å². The van der Waals surface area contributed by atoms with Crippen LogP contribution in [0, 0.1) is 29.5 Å². The van der Waals surface area contributed by atoms with Gasteiger partial charge < -0.3 is 10.0 Å². The Labute approximate surface area is 268 Å². The van der Waals surface area contributed by atoms with Crippen molar-refractivity contribution < 1.29 is 14.3 Å². The molecule has 2 heterocycles. The van der Waals surface area contributed by atoms with Crippen molar-refractivity contribution in [3.05, 3.63) is 89.0 Å². The van der Waals surface area contributed by atoms with Gasteiger partial charge in [-0.25, -0.2) is 4.39 Å². The zero-order chi connectivity index (χ0) is 28.3. The zero-order valence-electron chi connectivity index (χ0n) is 25.1. The summed E-state index contributed by atoms with van der Waals surface area (Å²) in [4.78, 5) is 14.9. The summed E-state index contributed by atoms with van der Waals surface area (Å²) in [5.41, 5.74) is 4.84. The quantitative estimate of drug-likeness (QED) is 0.234. The Balaban J connectivity index is 0.00000212. The number of carboxylic acid groups (broad SMARTS) is 1. The van der Waals surface area contributed by atoms with Crippen LogP contribution in [0.1, 0.15) is 86.2 Å². The average Bonchev–Trinajstić information content (AvgIpc) is 3.57. The van der Waals surface area contributed by atoms with Crippen LogP contribution in [0.15, 0.2) is 60.7 Å². The van der Waals surface area contributed by atoms with Gasteiger partial charge in [0.05, 0.1) is 11.6 Å². The molecule has 4 atom stereocenters. The summed E-state index contributed by atoms with van der Waals surface area (Å²) in [7, 11) is 0. The number of halogens is 3. The van der Waals surface area contributed by atoms with E-state index in [1.807, 2.05) is 12.1 Å². The SMILES string of the molecule is CCn1nc(Cc2ccccc2)cc1C1CCN(CC2CC(C(CC3CC3)C(=O)O)CC2c2cccc(F)c2)CC1.Cl.Cl. The Kier molecular flexibility index (Phi) is 11.7. The lowest BCUT2D eigenvalue weighted by atomic mass is 9.85. The first-order valence-electron chi connectivity index (χ1n) is 15.8. The van der Waals surface area contributed by atoms with Crippen molar-refractivity contribution >= 4 is 30.8 Å². The Morgan fingerprint density at radius 1 is 1.00 bits per heavy atom. The van der Waals surface area contributed by atoms with Gasteiger partial charge in [-0.05, 0) is 105 Å². The van der Waals surface area contributed by atoms with Gasteiger partial charge in [0, 0.05) is 31.1 Å². The summed E-state index contributed by atoms with van der Waals surface area (Å²) in [6, 6.07) is 19.9. The number of aromatic nitrogens is 2. The first kappa shape index (κ1) is 33.5. The maximum Gasteiger partial charge on any atom is 0.306 e.